The Morgan fingerprint density at radius 3 is 3.00 bits per heavy atom. The lowest BCUT2D eigenvalue weighted by molar-refractivity contribution is 0.0601. The molecule has 92 valence electrons. The molecule has 0 radical (unpaired) electrons. The van der Waals surface area contributed by atoms with E-state index < -0.39 is 0 Å². The second-order valence-electron chi connectivity index (χ2n) is 4.24. The molecule has 1 heterocycles. The SMILES string of the molecule is CCN1c2cc(C(=O)OC)ccc2NCC1C. The van der Waals surface area contributed by atoms with E-state index in [2.05, 4.69) is 24.1 Å². The van der Waals surface area contributed by atoms with Crippen LogP contribution < -0.4 is 10.2 Å². The number of anilines is 2. The fourth-order valence-electron chi connectivity index (χ4n) is 2.25. The highest BCUT2D eigenvalue weighted by atomic mass is 16.5. The number of hydrogen-bond donors (Lipinski definition) is 1. The molecule has 1 aliphatic heterocycles. The van der Waals surface area contributed by atoms with Gasteiger partial charge in [0.25, 0.3) is 0 Å². The lowest BCUT2D eigenvalue weighted by Gasteiger charge is -2.37. The van der Waals surface area contributed by atoms with Crippen LogP contribution in [-0.2, 0) is 4.74 Å². The van der Waals surface area contributed by atoms with E-state index in [1.165, 1.54) is 7.11 Å². The van der Waals surface area contributed by atoms with E-state index in [0.29, 0.717) is 11.6 Å². The molecule has 0 aromatic heterocycles. The van der Waals surface area contributed by atoms with Crippen molar-refractivity contribution in [1.29, 1.82) is 0 Å². The van der Waals surface area contributed by atoms with E-state index in [-0.39, 0.29) is 5.97 Å². The fourth-order valence-corrected chi connectivity index (χ4v) is 2.25. The zero-order valence-electron chi connectivity index (χ0n) is 10.5. The van der Waals surface area contributed by atoms with Gasteiger partial charge in [-0.2, -0.15) is 0 Å². The monoisotopic (exact) mass is 234 g/mol. The third-order valence-corrected chi connectivity index (χ3v) is 3.19. The Labute approximate surface area is 102 Å². The van der Waals surface area contributed by atoms with E-state index >= 15 is 0 Å². The Balaban J connectivity index is 2.41. The molecular formula is C13H18N2O2. The Hall–Kier alpha value is -1.71. The van der Waals surface area contributed by atoms with Gasteiger partial charge >= 0.3 is 5.97 Å². The first-order valence-corrected chi connectivity index (χ1v) is 5.90. The highest BCUT2D eigenvalue weighted by Crippen LogP contribution is 2.32. The summed E-state index contributed by atoms with van der Waals surface area (Å²) in [5.74, 6) is -0.290. The van der Waals surface area contributed by atoms with Crippen LogP contribution in [-0.4, -0.2) is 32.2 Å². The molecule has 17 heavy (non-hydrogen) atoms. The van der Waals surface area contributed by atoms with Gasteiger partial charge in [0, 0.05) is 19.1 Å². The minimum Gasteiger partial charge on any atom is -0.465 e. The van der Waals surface area contributed by atoms with Crippen LogP contribution >= 0.6 is 0 Å². The molecule has 1 aromatic carbocycles. The molecule has 2 rings (SSSR count). The molecule has 0 spiro atoms. The van der Waals surface area contributed by atoms with E-state index in [4.69, 9.17) is 4.74 Å². The van der Waals surface area contributed by atoms with Crippen molar-refractivity contribution in [2.24, 2.45) is 0 Å². The van der Waals surface area contributed by atoms with Gasteiger partial charge in [0.15, 0.2) is 0 Å². The molecule has 0 fully saturated rings. The maximum absolute atomic E-state index is 11.5. The van der Waals surface area contributed by atoms with Crippen molar-refractivity contribution in [3.8, 4) is 0 Å². The summed E-state index contributed by atoms with van der Waals surface area (Å²) < 4.78 is 4.75. The summed E-state index contributed by atoms with van der Waals surface area (Å²) in [5.41, 5.74) is 2.76. The lowest BCUT2D eigenvalue weighted by atomic mass is 10.1. The van der Waals surface area contributed by atoms with Crippen LogP contribution in [0.2, 0.25) is 0 Å². The number of ether oxygens (including phenoxy) is 1. The Morgan fingerprint density at radius 1 is 1.59 bits per heavy atom. The van der Waals surface area contributed by atoms with Gasteiger partial charge in [-0.15, -0.1) is 0 Å². The molecule has 4 heteroatoms. The molecule has 1 aromatic rings. The van der Waals surface area contributed by atoms with Crippen LogP contribution in [0.5, 0.6) is 0 Å². The number of fused-ring (bicyclic) bond motifs is 1. The number of esters is 1. The van der Waals surface area contributed by atoms with Crippen molar-refractivity contribution in [2.45, 2.75) is 19.9 Å². The first-order chi connectivity index (χ1) is 8.17. The average molecular weight is 234 g/mol. The number of carbonyl (C=O) groups is 1. The zero-order chi connectivity index (χ0) is 12.4. The fraction of sp³-hybridized carbons (Fsp3) is 0.462. The summed E-state index contributed by atoms with van der Waals surface area (Å²) in [6.07, 6.45) is 0. The summed E-state index contributed by atoms with van der Waals surface area (Å²) in [7, 11) is 1.40. The van der Waals surface area contributed by atoms with Gasteiger partial charge in [0.1, 0.15) is 0 Å². The van der Waals surface area contributed by atoms with Crippen molar-refractivity contribution in [1.82, 2.24) is 0 Å². The second kappa shape index (κ2) is 4.65. The average Bonchev–Trinajstić information content (AvgIpc) is 2.37. The Kier molecular flexibility index (Phi) is 3.22. The van der Waals surface area contributed by atoms with Gasteiger partial charge in [0.05, 0.1) is 24.0 Å². The molecule has 4 nitrogen and oxygen atoms in total. The molecule has 1 N–H and O–H groups in total. The van der Waals surface area contributed by atoms with Gasteiger partial charge in [-0.3, -0.25) is 0 Å². The van der Waals surface area contributed by atoms with Gasteiger partial charge in [0.2, 0.25) is 0 Å². The van der Waals surface area contributed by atoms with Crippen LogP contribution in [0.15, 0.2) is 18.2 Å². The van der Waals surface area contributed by atoms with Gasteiger partial charge in [-0.05, 0) is 32.0 Å². The van der Waals surface area contributed by atoms with E-state index in [1.54, 1.807) is 6.07 Å². The third-order valence-electron chi connectivity index (χ3n) is 3.19. The summed E-state index contributed by atoms with van der Waals surface area (Å²) >= 11 is 0. The van der Waals surface area contributed by atoms with Crippen LogP contribution in [0, 0.1) is 0 Å². The van der Waals surface area contributed by atoms with Crippen molar-refractivity contribution < 1.29 is 9.53 Å². The van der Waals surface area contributed by atoms with E-state index in [0.717, 1.165) is 24.5 Å². The van der Waals surface area contributed by atoms with E-state index in [1.807, 2.05) is 12.1 Å². The molecule has 1 aliphatic rings. The quantitative estimate of drug-likeness (QED) is 0.796. The van der Waals surface area contributed by atoms with E-state index in [9.17, 15) is 4.79 Å². The second-order valence-corrected chi connectivity index (χ2v) is 4.24. The van der Waals surface area contributed by atoms with Crippen molar-refractivity contribution >= 4 is 17.3 Å². The van der Waals surface area contributed by atoms with Crippen LogP contribution in [0.3, 0.4) is 0 Å². The highest BCUT2D eigenvalue weighted by molar-refractivity contribution is 5.92. The van der Waals surface area contributed by atoms with Crippen LogP contribution in [0.4, 0.5) is 11.4 Å². The largest absolute Gasteiger partial charge is 0.465 e. The molecule has 0 bridgehead atoms. The van der Waals surface area contributed by atoms with Gasteiger partial charge < -0.3 is 15.0 Å². The standard InChI is InChI=1S/C13H18N2O2/c1-4-15-9(2)8-14-11-6-5-10(7-12(11)15)13(16)17-3/h5-7,9,14H,4,8H2,1-3H3. The third kappa shape index (κ3) is 2.07. The Morgan fingerprint density at radius 2 is 2.35 bits per heavy atom. The molecule has 1 unspecified atom stereocenters. The summed E-state index contributed by atoms with van der Waals surface area (Å²) in [6.45, 7) is 6.15. The first-order valence-electron chi connectivity index (χ1n) is 5.90. The number of benzene rings is 1. The van der Waals surface area contributed by atoms with Crippen molar-refractivity contribution in [2.75, 3.05) is 30.4 Å². The smallest absolute Gasteiger partial charge is 0.337 e. The predicted molar refractivity (Wildman–Crippen MR) is 68.8 cm³/mol. The molecule has 1 atom stereocenters. The lowest BCUT2D eigenvalue weighted by Crippen LogP contribution is -2.42. The number of hydrogen-bond acceptors (Lipinski definition) is 4. The van der Waals surface area contributed by atoms with Crippen LogP contribution in [0.1, 0.15) is 24.2 Å². The normalized spacial score (nSPS) is 18.3. The molecule has 0 aliphatic carbocycles. The van der Waals surface area contributed by atoms with Crippen LogP contribution in [0.25, 0.3) is 0 Å². The number of rotatable bonds is 2. The maximum atomic E-state index is 11.5. The summed E-state index contributed by atoms with van der Waals surface area (Å²) in [4.78, 5) is 13.8. The minimum atomic E-state index is -0.290. The van der Waals surface area contributed by atoms with Crippen molar-refractivity contribution in [3.05, 3.63) is 23.8 Å². The first kappa shape index (κ1) is 11.8. The predicted octanol–water partition coefficient (Wildman–Crippen LogP) is 2.11. The molecule has 0 saturated heterocycles. The molecular weight excluding hydrogens is 216 g/mol. The number of nitrogens with zero attached hydrogens (tertiary/aromatic N) is 1. The molecule has 0 amide bonds. The van der Waals surface area contributed by atoms with Crippen molar-refractivity contribution in [3.63, 3.8) is 0 Å². The minimum absolute atomic E-state index is 0.290. The summed E-state index contributed by atoms with van der Waals surface area (Å²) in [6, 6.07) is 6.06. The number of likely N-dealkylation sites (N-methyl/N-ethyl adjacent to an activating group) is 1. The number of methoxy groups -OCH3 is 1. The number of carbonyl (C=O) groups excluding carboxylic acids is 1. The Bertz CT molecular complexity index is 431. The topological polar surface area (TPSA) is 41.6 Å². The maximum Gasteiger partial charge on any atom is 0.337 e. The number of nitrogens with one attached hydrogen (secondary N) is 1. The zero-order valence-corrected chi connectivity index (χ0v) is 10.5. The highest BCUT2D eigenvalue weighted by Gasteiger charge is 2.22. The summed E-state index contributed by atoms with van der Waals surface area (Å²) in [5, 5.41) is 3.37. The van der Waals surface area contributed by atoms with Gasteiger partial charge in [-0.25, -0.2) is 4.79 Å². The molecule has 0 saturated carbocycles. The van der Waals surface area contributed by atoms with Gasteiger partial charge in [-0.1, -0.05) is 0 Å².